The third kappa shape index (κ3) is 1.95. The first-order chi connectivity index (χ1) is 6.71. The zero-order valence-electron chi connectivity index (χ0n) is 7.25. The Labute approximate surface area is 110 Å². The monoisotopic (exact) mass is 403 g/mol. The number of nitrogens with zero attached hydrogens (tertiary/aromatic N) is 1. The molecule has 0 spiro atoms. The van der Waals surface area contributed by atoms with Gasteiger partial charge in [-0.2, -0.15) is 0 Å². The number of hydrogen-bond acceptors (Lipinski definition) is 4. The molecule has 1 N–H and O–H groups in total. The standard InChI is InChI=1S/C7H4Br3NO4/c1-7(13)5(9)2(8)4(12)3(6(7)10)11(14)15/h13H,1H3. The molecule has 0 saturated heterocycles. The summed E-state index contributed by atoms with van der Waals surface area (Å²) in [5.41, 5.74) is -2.29. The molecule has 82 valence electrons. The van der Waals surface area contributed by atoms with E-state index in [0.29, 0.717) is 0 Å². The molecule has 0 heterocycles. The van der Waals surface area contributed by atoms with E-state index in [1.165, 1.54) is 6.92 Å². The van der Waals surface area contributed by atoms with E-state index in [4.69, 9.17) is 0 Å². The SMILES string of the molecule is CC1(O)C(Br)=C(Br)C(=O)C([N+](=O)[O-])=C1Br. The van der Waals surface area contributed by atoms with Gasteiger partial charge in [0.2, 0.25) is 0 Å². The first kappa shape index (κ1) is 13.0. The lowest BCUT2D eigenvalue weighted by Gasteiger charge is -2.26. The van der Waals surface area contributed by atoms with E-state index in [9.17, 15) is 20.0 Å². The summed E-state index contributed by atoms with van der Waals surface area (Å²) in [6.45, 7) is 1.33. The predicted octanol–water partition coefficient (Wildman–Crippen LogP) is 2.20. The lowest BCUT2D eigenvalue weighted by atomic mass is 9.97. The summed E-state index contributed by atoms with van der Waals surface area (Å²) >= 11 is 8.77. The highest BCUT2D eigenvalue weighted by Crippen LogP contribution is 2.43. The summed E-state index contributed by atoms with van der Waals surface area (Å²) in [5.74, 6) is -0.787. The average molecular weight is 406 g/mol. The van der Waals surface area contributed by atoms with Crippen molar-refractivity contribution in [2.24, 2.45) is 0 Å². The van der Waals surface area contributed by atoms with Crippen LogP contribution in [0.4, 0.5) is 0 Å². The van der Waals surface area contributed by atoms with Crippen LogP contribution in [0, 0.1) is 10.1 Å². The van der Waals surface area contributed by atoms with E-state index in [-0.39, 0.29) is 13.4 Å². The number of allylic oxidation sites excluding steroid dienone is 1. The fourth-order valence-electron chi connectivity index (χ4n) is 1.01. The van der Waals surface area contributed by atoms with Crippen LogP contribution >= 0.6 is 47.8 Å². The topological polar surface area (TPSA) is 80.4 Å². The molecule has 0 bridgehead atoms. The Morgan fingerprint density at radius 1 is 1.33 bits per heavy atom. The summed E-state index contributed by atoms with van der Waals surface area (Å²) in [6, 6.07) is 0. The smallest absolute Gasteiger partial charge is 0.330 e. The fourth-order valence-corrected chi connectivity index (χ4v) is 2.75. The maximum atomic E-state index is 11.5. The van der Waals surface area contributed by atoms with Crippen molar-refractivity contribution in [1.29, 1.82) is 0 Å². The van der Waals surface area contributed by atoms with Crippen molar-refractivity contribution in [3.05, 3.63) is 29.3 Å². The van der Waals surface area contributed by atoms with Crippen LogP contribution in [0.5, 0.6) is 0 Å². The van der Waals surface area contributed by atoms with Crippen LogP contribution in [0.15, 0.2) is 19.1 Å². The van der Waals surface area contributed by atoms with Crippen molar-refractivity contribution < 1.29 is 14.8 Å². The number of carbonyl (C=O) groups excluding carboxylic acids is 1. The van der Waals surface area contributed by atoms with Gasteiger partial charge >= 0.3 is 5.70 Å². The van der Waals surface area contributed by atoms with Gasteiger partial charge < -0.3 is 5.11 Å². The zero-order chi connectivity index (χ0) is 12.0. The minimum absolute atomic E-state index is 0.0533. The van der Waals surface area contributed by atoms with Crippen molar-refractivity contribution in [1.82, 2.24) is 0 Å². The van der Waals surface area contributed by atoms with Gasteiger partial charge in [0, 0.05) is 0 Å². The first-order valence-electron chi connectivity index (χ1n) is 3.58. The van der Waals surface area contributed by atoms with Gasteiger partial charge in [0.05, 0.1) is 13.9 Å². The van der Waals surface area contributed by atoms with Crippen molar-refractivity contribution >= 4 is 53.6 Å². The number of aliphatic hydroxyl groups is 1. The van der Waals surface area contributed by atoms with Crippen LogP contribution in [0.1, 0.15) is 6.92 Å². The normalized spacial score (nSPS) is 27.4. The van der Waals surface area contributed by atoms with E-state index >= 15 is 0 Å². The van der Waals surface area contributed by atoms with Gasteiger partial charge in [-0.05, 0) is 38.8 Å². The Hall–Kier alpha value is -0.0500. The lowest BCUT2D eigenvalue weighted by molar-refractivity contribution is -0.419. The minimum atomic E-state index is -1.62. The van der Waals surface area contributed by atoms with E-state index < -0.39 is 22.0 Å². The number of nitro groups is 1. The molecule has 1 atom stereocenters. The Bertz CT molecular complexity index is 424. The quantitative estimate of drug-likeness (QED) is 0.535. The first-order valence-corrected chi connectivity index (χ1v) is 5.96. The van der Waals surface area contributed by atoms with Crippen LogP contribution in [0.25, 0.3) is 0 Å². The van der Waals surface area contributed by atoms with Gasteiger partial charge in [0.25, 0.3) is 5.78 Å². The summed E-state index contributed by atoms with van der Waals surface area (Å²) in [6.07, 6.45) is 0. The largest absolute Gasteiger partial charge is 0.379 e. The van der Waals surface area contributed by atoms with Gasteiger partial charge in [0.15, 0.2) is 0 Å². The Morgan fingerprint density at radius 2 is 1.80 bits per heavy atom. The van der Waals surface area contributed by atoms with Crippen molar-refractivity contribution in [2.45, 2.75) is 12.5 Å². The van der Waals surface area contributed by atoms with Gasteiger partial charge in [-0.3, -0.25) is 14.9 Å². The number of carbonyl (C=O) groups is 1. The van der Waals surface area contributed by atoms with E-state index in [0.717, 1.165) is 0 Å². The van der Waals surface area contributed by atoms with Crippen LogP contribution < -0.4 is 0 Å². The summed E-state index contributed by atoms with van der Waals surface area (Å²) in [7, 11) is 0. The summed E-state index contributed by atoms with van der Waals surface area (Å²) < 4.78 is -0.0695. The van der Waals surface area contributed by atoms with E-state index in [1.54, 1.807) is 0 Å². The van der Waals surface area contributed by atoms with E-state index in [2.05, 4.69) is 47.8 Å². The second-order valence-corrected chi connectivity index (χ2v) is 5.33. The van der Waals surface area contributed by atoms with Gasteiger partial charge in [-0.1, -0.05) is 15.9 Å². The number of ketones is 1. The van der Waals surface area contributed by atoms with Crippen molar-refractivity contribution in [2.75, 3.05) is 0 Å². The molecule has 1 aliphatic carbocycles. The third-order valence-corrected chi connectivity index (χ3v) is 5.46. The maximum Gasteiger partial charge on any atom is 0.330 e. The van der Waals surface area contributed by atoms with Gasteiger partial charge in [0.1, 0.15) is 10.1 Å². The molecule has 1 aliphatic rings. The molecule has 0 aromatic carbocycles. The lowest BCUT2D eigenvalue weighted by Crippen LogP contribution is -2.34. The molecule has 0 saturated carbocycles. The highest BCUT2D eigenvalue weighted by molar-refractivity contribution is 9.14. The molecule has 0 fully saturated rings. The number of rotatable bonds is 1. The number of Topliss-reactive ketones (excluding diaryl/α,β-unsaturated/α-hetero) is 1. The zero-order valence-corrected chi connectivity index (χ0v) is 12.0. The molecule has 0 aliphatic heterocycles. The van der Waals surface area contributed by atoms with Crippen LogP contribution in [0.2, 0.25) is 0 Å². The van der Waals surface area contributed by atoms with Gasteiger partial charge in [-0.15, -0.1) is 0 Å². The van der Waals surface area contributed by atoms with Crippen molar-refractivity contribution in [3.8, 4) is 0 Å². The van der Waals surface area contributed by atoms with Crippen LogP contribution in [0.3, 0.4) is 0 Å². The van der Waals surface area contributed by atoms with Crippen LogP contribution in [-0.2, 0) is 4.79 Å². The Morgan fingerprint density at radius 3 is 2.20 bits per heavy atom. The minimum Gasteiger partial charge on any atom is -0.379 e. The van der Waals surface area contributed by atoms with E-state index in [1.807, 2.05) is 0 Å². The van der Waals surface area contributed by atoms with Crippen molar-refractivity contribution in [3.63, 3.8) is 0 Å². The highest BCUT2D eigenvalue weighted by atomic mass is 79.9. The molecular formula is C7H4Br3NO4. The Kier molecular flexibility index (Phi) is 3.54. The molecule has 5 nitrogen and oxygen atoms in total. The molecule has 0 aromatic heterocycles. The predicted molar refractivity (Wildman–Crippen MR) is 63.5 cm³/mol. The fraction of sp³-hybridized carbons (Fsp3) is 0.286. The molecule has 0 radical (unpaired) electrons. The maximum absolute atomic E-state index is 11.5. The number of hydrogen-bond donors (Lipinski definition) is 1. The number of halogens is 3. The second-order valence-electron chi connectivity index (χ2n) is 2.95. The summed E-state index contributed by atoms with van der Waals surface area (Å²) in [4.78, 5) is 21.3. The van der Waals surface area contributed by atoms with Crippen LogP contribution in [-0.4, -0.2) is 21.4 Å². The average Bonchev–Trinajstić information content (AvgIpc) is 2.12. The molecule has 1 rings (SSSR count). The third-order valence-electron chi connectivity index (χ3n) is 1.85. The Balaban J connectivity index is 3.50. The second kappa shape index (κ2) is 4.08. The molecule has 0 amide bonds. The molecular weight excluding hydrogens is 402 g/mol. The molecule has 8 heteroatoms. The van der Waals surface area contributed by atoms with Gasteiger partial charge in [-0.25, -0.2) is 0 Å². The molecule has 1 unspecified atom stereocenters. The molecule has 15 heavy (non-hydrogen) atoms. The highest BCUT2D eigenvalue weighted by Gasteiger charge is 2.46. The molecule has 0 aromatic rings. The summed E-state index contributed by atoms with van der Waals surface area (Å²) in [5, 5.41) is 20.6.